The van der Waals surface area contributed by atoms with Crippen molar-refractivity contribution < 1.29 is 38.1 Å². The lowest BCUT2D eigenvalue weighted by atomic mass is 9.91. The second-order valence-electron chi connectivity index (χ2n) is 13.3. The molecule has 1 aliphatic heterocycles. The van der Waals surface area contributed by atoms with Crippen molar-refractivity contribution in [3.05, 3.63) is 0 Å². The van der Waals surface area contributed by atoms with Gasteiger partial charge in [0, 0.05) is 6.54 Å². The topological polar surface area (TPSA) is 117 Å². The number of esters is 4. The van der Waals surface area contributed by atoms with Gasteiger partial charge in [-0.1, -0.05) is 0 Å². The maximum Gasteiger partial charge on any atom is 0.311 e. The molecule has 1 rings (SSSR count). The molecule has 0 aromatic heterocycles. The van der Waals surface area contributed by atoms with Crippen LogP contribution in [0.4, 0.5) is 0 Å². The fourth-order valence-electron chi connectivity index (χ4n) is 2.79. The van der Waals surface area contributed by atoms with E-state index in [1.54, 1.807) is 83.1 Å². The molecular weight excluding hydrogens is 454 g/mol. The van der Waals surface area contributed by atoms with Gasteiger partial charge in [0.1, 0.15) is 6.61 Å². The van der Waals surface area contributed by atoms with Crippen molar-refractivity contribution in [2.75, 3.05) is 13.2 Å². The number of piperidine rings is 1. The molecule has 202 valence electrons. The second-order valence-corrected chi connectivity index (χ2v) is 13.3. The molecule has 0 amide bonds. The lowest BCUT2D eigenvalue weighted by Gasteiger charge is -2.43. The molecule has 0 saturated carbocycles. The first-order valence-corrected chi connectivity index (χ1v) is 12.1. The summed E-state index contributed by atoms with van der Waals surface area (Å²) in [5, 5.41) is 3.16. The number of hydrogen-bond donors (Lipinski definition) is 1. The fraction of sp³-hybridized carbons (Fsp3) is 0.846. The summed E-state index contributed by atoms with van der Waals surface area (Å²) in [6.45, 7) is 20.5. The number of hydrogen-bond acceptors (Lipinski definition) is 9. The molecule has 0 aliphatic carbocycles. The zero-order valence-electron chi connectivity index (χ0n) is 23.5. The van der Waals surface area contributed by atoms with Gasteiger partial charge in [0.15, 0.2) is 18.3 Å². The van der Waals surface area contributed by atoms with Gasteiger partial charge in [0.2, 0.25) is 0 Å². The second kappa shape index (κ2) is 10.8. The normalized spacial score (nSPS) is 23.8. The summed E-state index contributed by atoms with van der Waals surface area (Å²) in [6.07, 6.45) is -3.08. The Morgan fingerprint density at radius 1 is 0.600 bits per heavy atom. The number of nitrogens with one attached hydrogen (secondary N) is 1. The van der Waals surface area contributed by atoms with Crippen LogP contribution < -0.4 is 5.32 Å². The molecule has 0 bridgehead atoms. The third kappa shape index (κ3) is 9.09. The number of ether oxygens (including phenoxy) is 4. The lowest BCUT2D eigenvalue weighted by molar-refractivity contribution is -0.206. The quantitative estimate of drug-likeness (QED) is 0.448. The van der Waals surface area contributed by atoms with Crippen LogP contribution in [0.25, 0.3) is 0 Å². The highest BCUT2D eigenvalue weighted by atomic mass is 16.6. The van der Waals surface area contributed by atoms with E-state index in [-0.39, 0.29) is 13.2 Å². The van der Waals surface area contributed by atoms with Crippen LogP contribution in [0.3, 0.4) is 0 Å². The first kappa shape index (κ1) is 30.9. The van der Waals surface area contributed by atoms with Gasteiger partial charge < -0.3 is 24.3 Å². The molecule has 35 heavy (non-hydrogen) atoms. The summed E-state index contributed by atoms with van der Waals surface area (Å²) in [6, 6.07) is -0.685. The predicted octanol–water partition coefficient (Wildman–Crippen LogP) is 3.42. The summed E-state index contributed by atoms with van der Waals surface area (Å²) >= 11 is 0. The van der Waals surface area contributed by atoms with E-state index in [1.165, 1.54) is 0 Å². The fourth-order valence-corrected chi connectivity index (χ4v) is 2.79. The average Bonchev–Trinajstić information content (AvgIpc) is 2.65. The largest absolute Gasteiger partial charge is 0.463 e. The molecule has 1 N–H and O–H groups in total. The van der Waals surface area contributed by atoms with Crippen LogP contribution in [0.5, 0.6) is 0 Å². The third-order valence-corrected chi connectivity index (χ3v) is 5.26. The Hall–Kier alpha value is -2.16. The minimum absolute atomic E-state index is 0.116. The number of carbonyl (C=O) groups excluding carboxylic acids is 4. The Kier molecular flexibility index (Phi) is 9.57. The van der Waals surface area contributed by atoms with Crippen LogP contribution in [0.2, 0.25) is 0 Å². The van der Waals surface area contributed by atoms with Gasteiger partial charge in [-0.15, -0.1) is 0 Å². The van der Waals surface area contributed by atoms with E-state index in [0.717, 1.165) is 0 Å². The van der Waals surface area contributed by atoms with E-state index >= 15 is 0 Å². The van der Waals surface area contributed by atoms with Crippen LogP contribution in [0.1, 0.15) is 83.1 Å². The SMILES string of the molecule is CC(C)(C)C(=O)OC[C@H]1NC[C@H](OC(=O)C(C)(C)C)[C@@H](OC(=O)C(C)(C)C)[C@@H]1OC(=O)C(C)(C)C. The highest BCUT2D eigenvalue weighted by Gasteiger charge is 2.49. The van der Waals surface area contributed by atoms with Crippen LogP contribution in [0, 0.1) is 21.7 Å². The summed E-state index contributed by atoms with van der Waals surface area (Å²) in [5.41, 5.74) is -3.22. The highest BCUT2D eigenvalue weighted by Crippen LogP contribution is 2.29. The minimum Gasteiger partial charge on any atom is -0.463 e. The highest BCUT2D eigenvalue weighted by molar-refractivity contribution is 5.78. The van der Waals surface area contributed by atoms with E-state index in [4.69, 9.17) is 18.9 Å². The van der Waals surface area contributed by atoms with Crippen LogP contribution >= 0.6 is 0 Å². The van der Waals surface area contributed by atoms with Gasteiger partial charge in [-0.3, -0.25) is 19.2 Å². The molecule has 1 fully saturated rings. The Labute approximate surface area is 210 Å². The maximum absolute atomic E-state index is 12.9. The number of rotatable bonds is 5. The van der Waals surface area contributed by atoms with Gasteiger partial charge >= 0.3 is 23.9 Å². The Bertz CT molecular complexity index is 792. The van der Waals surface area contributed by atoms with E-state index in [9.17, 15) is 19.2 Å². The van der Waals surface area contributed by atoms with Crippen LogP contribution in [0.15, 0.2) is 0 Å². The van der Waals surface area contributed by atoms with Gasteiger partial charge in [-0.05, 0) is 83.1 Å². The van der Waals surface area contributed by atoms with E-state index < -0.39 is 69.9 Å². The van der Waals surface area contributed by atoms with Crippen molar-refractivity contribution in [3.63, 3.8) is 0 Å². The maximum atomic E-state index is 12.9. The van der Waals surface area contributed by atoms with E-state index in [2.05, 4.69) is 5.32 Å². The molecule has 0 radical (unpaired) electrons. The molecule has 4 atom stereocenters. The van der Waals surface area contributed by atoms with Gasteiger partial charge in [0.05, 0.1) is 27.7 Å². The molecule has 1 aliphatic rings. The summed E-state index contributed by atoms with van der Waals surface area (Å²) in [4.78, 5) is 50.9. The first-order chi connectivity index (χ1) is 15.5. The van der Waals surface area contributed by atoms with Gasteiger partial charge in [-0.2, -0.15) is 0 Å². The molecule has 0 aromatic carbocycles. The standard InChI is InChI=1S/C26H45NO8/c1-23(2,3)19(28)32-14-15-17(34-21(30)25(7,8)9)18(35-22(31)26(10,11)12)16(13-27-15)33-20(29)24(4,5)6/h15-18,27H,13-14H2,1-12H3/t15-,16+,17-,18-/m1/s1. The Morgan fingerprint density at radius 2 is 0.971 bits per heavy atom. The molecular formula is C26H45NO8. The molecule has 0 spiro atoms. The van der Waals surface area contributed by atoms with Gasteiger partial charge in [0.25, 0.3) is 0 Å². The van der Waals surface area contributed by atoms with Crippen molar-refractivity contribution in [2.24, 2.45) is 21.7 Å². The zero-order chi connectivity index (χ0) is 27.6. The first-order valence-electron chi connectivity index (χ1n) is 12.1. The molecule has 1 saturated heterocycles. The van der Waals surface area contributed by atoms with Crippen molar-refractivity contribution in [3.8, 4) is 0 Å². The third-order valence-electron chi connectivity index (χ3n) is 5.26. The zero-order valence-corrected chi connectivity index (χ0v) is 23.5. The van der Waals surface area contributed by atoms with Crippen LogP contribution in [-0.2, 0) is 38.1 Å². The summed E-state index contributed by atoms with van der Waals surface area (Å²) in [5.74, 6) is -1.98. The van der Waals surface area contributed by atoms with Crippen molar-refractivity contribution in [1.29, 1.82) is 0 Å². The Morgan fingerprint density at radius 3 is 1.37 bits per heavy atom. The smallest absolute Gasteiger partial charge is 0.311 e. The predicted molar refractivity (Wildman–Crippen MR) is 130 cm³/mol. The Balaban J connectivity index is 3.38. The van der Waals surface area contributed by atoms with Crippen molar-refractivity contribution >= 4 is 23.9 Å². The van der Waals surface area contributed by atoms with Crippen molar-refractivity contribution in [1.82, 2.24) is 5.32 Å². The molecule has 0 aromatic rings. The van der Waals surface area contributed by atoms with Gasteiger partial charge in [-0.25, -0.2) is 0 Å². The lowest BCUT2D eigenvalue weighted by Crippen LogP contribution is -2.65. The summed E-state index contributed by atoms with van der Waals surface area (Å²) < 4.78 is 22.9. The van der Waals surface area contributed by atoms with E-state index in [1.807, 2.05) is 0 Å². The minimum atomic E-state index is -1.10. The molecule has 0 unspecified atom stereocenters. The van der Waals surface area contributed by atoms with E-state index in [0.29, 0.717) is 0 Å². The molecule has 1 heterocycles. The number of carbonyl (C=O) groups is 4. The molecule has 9 heteroatoms. The summed E-state index contributed by atoms with van der Waals surface area (Å²) in [7, 11) is 0. The van der Waals surface area contributed by atoms with Crippen LogP contribution in [-0.4, -0.2) is 61.4 Å². The average molecular weight is 500 g/mol. The molecule has 9 nitrogen and oxygen atoms in total. The monoisotopic (exact) mass is 499 g/mol. The van der Waals surface area contributed by atoms with Crippen molar-refractivity contribution in [2.45, 2.75) is 107 Å².